The van der Waals surface area contributed by atoms with Crippen LogP contribution in [0.1, 0.15) is 43.2 Å². The number of benzene rings is 2. The molecule has 0 aliphatic heterocycles. The highest BCUT2D eigenvalue weighted by molar-refractivity contribution is 8.77. The van der Waals surface area contributed by atoms with Crippen LogP contribution in [0, 0.1) is 19.8 Å². The molecular formula is C24H29NOS2. The van der Waals surface area contributed by atoms with Crippen LogP contribution in [0.25, 0.3) is 0 Å². The van der Waals surface area contributed by atoms with Crippen molar-refractivity contribution in [3.63, 3.8) is 0 Å². The Morgan fingerprint density at radius 2 is 1.79 bits per heavy atom. The van der Waals surface area contributed by atoms with E-state index in [9.17, 15) is 0 Å². The van der Waals surface area contributed by atoms with E-state index >= 15 is 0 Å². The second kappa shape index (κ2) is 11.4. The van der Waals surface area contributed by atoms with Gasteiger partial charge in [0.2, 0.25) is 5.90 Å². The summed E-state index contributed by atoms with van der Waals surface area (Å²) in [6.45, 7) is 5.00. The van der Waals surface area contributed by atoms with Gasteiger partial charge in [-0.2, -0.15) is 0 Å². The molecule has 1 aliphatic carbocycles. The van der Waals surface area contributed by atoms with Crippen molar-refractivity contribution in [3.8, 4) is 0 Å². The molecule has 1 saturated carbocycles. The monoisotopic (exact) mass is 411 g/mol. The van der Waals surface area contributed by atoms with E-state index in [-0.39, 0.29) is 0 Å². The van der Waals surface area contributed by atoms with Crippen molar-refractivity contribution in [2.45, 2.75) is 50.8 Å². The van der Waals surface area contributed by atoms with Gasteiger partial charge in [-0.05, 0) is 61.8 Å². The van der Waals surface area contributed by atoms with Crippen molar-refractivity contribution in [2.75, 3.05) is 6.61 Å². The molecule has 3 rings (SSSR count). The van der Waals surface area contributed by atoms with Crippen LogP contribution in [0.4, 0.5) is 5.69 Å². The van der Waals surface area contributed by atoms with E-state index in [1.54, 1.807) is 21.6 Å². The maximum absolute atomic E-state index is 6.13. The summed E-state index contributed by atoms with van der Waals surface area (Å²) in [5.74, 6) is 1.37. The number of nitrogens with zero attached hydrogens (tertiary/aromatic N) is 1. The maximum Gasteiger partial charge on any atom is 0.214 e. The summed E-state index contributed by atoms with van der Waals surface area (Å²) in [7, 11) is 3.46. The average molecular weight is 412 g/mol. The number of aryl methyl sites for hydroxylation is 2. The molecule has 2 nitrogen and oxygen atoms in total. The maximum atomic E-state index is 6.13. The van der Waals surface area contributed by atoms with Crippen LogP contribution in [0.15, 0.2) is 69.9 Å². The quantitative estimate of drug-likeness (QED) is 0.263. The van der Waals surface area contributed by atoms with Gasteiger partial charge in [0.05, 0.1) is 12.3 Å². The molecule has 0 atom stereocenters. The second-order valence-electron chi connectivity index (χ2n) is 7.35. The molecule has 0 N–H and O–H groups in total. The molecule has 1 aliphatic rings. The van der Waals surface area contributed by atoms with Gasteiger partial charge >= 0.3 is 0 Å². The van der Waals surface area contributed by atoms with Gasteiger partial charge in [-0.3, -0.25) is 0 Å². The van der Waals surface area contributed by atoms with E-state index in [2.05, 4.69) is 55.7 Å². The summed E-state index contributed by atoms with van der Waals surface area (Å²) in [4.78, 5) is 6.02. The Bertz CT molecular complexity index is 793. The van der Waals surface area contributed by atoms with E-state index in [1.165, 1.54) is 48.1 Å². The predicted octanol–water partition coefficient (Wildman–Crippen LogP) is 7.88. The lowest BCUT2D eigenvalue weighted by Crippen LogP contribution is -2.15. The van der Waals surface area contributed by atoms with Crippen LogP contribution in [0.5, 0.6) is 0 Å². The zero-order valence-corrected chi connectivity index (χ0v) is 18.4. The summed E-state index contributed by atoms with van der Waals surface area (Å²) >= 11 is 0. The van der Waals surface area contributed by atoms with E-state index in [1.807, 2.05) is 18.2 Å². The van der Waals surface area contributed by atoms with Crippen LogP contribution >= 0.6 is 21.6 Å². The van der Waals surface area contributed by atoms with E-state index in [0.717, 1.165) is 12.3 Å². The predicted molar refractivity (Wildman–Crippen MR) is 125 cm³/mol. The molecule has 2 aromatic carbocycles. The first-order valence-electron chi connectivity index (χ1n) is 10.0. The SMILES string of the molecule is Cc1ccc(/N=C(/C=C/SSc2ccccc2C)OCC2CCCCC2)cc1. The molecule has 0 amide bonds. The van der Waals surface area contributed by atoms with Crippen molar-refractivity contribution in [1.29, 1.82) is 0 Å². The molecule has 2 aromatic rings. The van der Waals surface area contributed by atoms with Crippen LogP contribution in [-0.4, -0.2) is 12.5 Å². The smallest absolute Gasteiger partial charge is 0.214 e. The molecular weight excluding hydrogens is 382 g/mol. The van der Waals surface area contributed by atoms with Crippen molar-refractivity contribution in [1.82, 2.24) is 0 Å². The Morgan fingerprint density at radius 1 is 1.04 bits per heavy atom. The van der Waals surface area contributed by atoms with Crippen LogP contribution in [0.2, 0.25) is 0 Å². The first-order valence-corrected chi connectivity index (χ1v) is 12.3. The first-order chi connectivity index (χ1) is 13.7. The Kier molecular flexibility index (Phi) is 8.56. The molecule has 0 unspecified atom stereocenters. The van der Waals surface area contributed by atoms with Crippen molar-refractivity contribution < 1.29 is 4.74 Å². The van der Waals surface area contributed by atoms with Gasteiger partial charge in [-0.25, -0.2) is 4.99 Å². The number of aliphatic imine (C=N–C) groups is 1. The molecule has 0 saturated heterocycles. The topological polar surface area (TPSA) is 21.6 Å². The lowest BCUT2D eigenvalue weighted by molar-refractivity contribution is 0.201. The summed E-state index contributed by atoms with van der Waals surface area (Å²) < 4.78 is 6.13. The molecule has 0 radical (unpaired) electrons. The number of hydrogen-bond acceptors (Lipinski definition) is 4. The highest BCUT2D eigenvalue weighted by Gasteiger charge is 2.14. The molecule has 28 heavy (non-hydrogen) atoms. The van der Waals surface area contributed by atoms with Gasteiger partial charge in [0, 0.05) is 11.0 Å². The van der Waals surface area contributed by atoms with Crippen molar-refractivity contribution in [3.05, 3.63) is 71.1 Å². The van der Waals surface area contributed by atoms with E-state index < -0.39 is 0 Å². The van der Waals surface area contributed by atoms with E-state index in [4.69, 9.17) is 9.73 Å². The van der Waals surface area contributed by atoms with Crippen LogP contribution in [0.3, 0.4) is 0 Å². The number of hydrogen-bond donors (Lipinski definition) is 0. The fraction of sp³-hybridized carbons (Fsp3) is 0.375. The largest absolute Gasteiger partial charge is 0.477 e. The van der Waals surface area contributed by atoms with Gasteiger partial charge in [-0.15, -0.1) is 0 Å². The number of rotatable bonds is 7. The molecule has 1 fully saturated rings. The minimum absolute atomic E-state index is 0.666. The van der Waals surface area contributed by atoms with Crippen LogP contribution in [-0.2, 0) is 4.74 Å². The molecule has 0 bridgehead atoms. The van der Waals surface area contributed by atoms with Gasteiger partial charge < -0.3 is 4.74 Å². The fourth-order valence-corrected chi connectivity index (χ4v) is 5.11. The highest BCUT2D eigenvalue weighted by Crippen LogP contribution is 2.34. The van der Waals surface area contributed by atoms with E-state index in [0.29, 0.717) is 11.8 Å². The minimum atomic E-state index is 0.666. The Hall–Kier alpha value is -1.65. The van der Waals surface area contributed by atoms with Gasteiger partial charge in [0.25, 0.3) is 0 Å². The Morgan fingerprint density at radius 3 is 2.54 bits per heavy atom. The number of ether oxygens (including phenoxy) is 1. The molecule has 4 heteroatoms. The van der Waals surface area contributed by atoms with Crippen molar-refractivity contribution in [2.24, 2.45) is 10.9 Å². The summed E-state index contributed by atoms with van der Waals surface area (Å²) in [6.07, 6.45) is 8.58. The van der Waals surface area contributed by atoms with Crippen molar-refractivity contribution >= 4 is 33.2 Å². The minimum Gasteiger partial charge on any atom is -0.477 e. The third kappa shape index (κ3) is 7.06. The lowest BCUT2D eigenvalue weighted by Gasteiger charge is -2.21. The van der Waals surface area contributed by atoms with Gasteiger partial charge in [0.1, 0.15) is 0 Å². The third-order valence-corrected chi connectivity index (χ3v) is 7.10. The van der Waals surface area contributed by atoms with Crippen LogP contribution < -0.4 is 0 Å². The van der Waals surface area contributed by atoms with Gasteiger partial charge in [-0.1, -0.05) is 76.7 Å². The zero-order chi connectivity index (χ0) is 19.6. The molecule has 0 aromatic heterocycles. The average Bonchev–Trinajstić information content (AvgIpc) is 2.72. The Labute approximate surface area is 177 Å². The fourth-order valence-electron chi connectivity index (χ4n) is 3.24. The zero-order valence-electron chi connectivity index (χ0n) is 16.8. The second-order valence-corrected chi connectivity index (χ2v) is 9.50. The standard InChI is InChI=1S/C24H29NOS2/c1-19-12-14-22(15-13-19)25-24(26-18-21-9-4-3-5-10-21)16-17-27-28-23-11-7-6-8-20(23)2/h6-8,11-17,21H,3-5,9-10,18H2,1-2H3/b17-16+,25-24-. The normalized spacial score (nSPS) is 15.9. The summed E-state index contributed by atoms with van der Waals surface area (Å²) in [5, 5.41) is 2.07. The highest BCUT2D eigenvalue weighted by atomic mass is 33.1. The summed E-state index contributed by atoms with van der Waals surface area (Å²) in [5.41, 5.74) is 3.48. The lowest BCUT2D eigenvalue weighted by atomic mass is 9.90. The molecule has 148 valence electrons. The molecule has 0 spiro atoms. The summed E-state index contributed by atoms with van der Waals surface area (Å²) in [6, 6.07) is 16.7. The van der Waals surface area contributed by atoms with Gasteiger partial charge in [0.15, 0.2) is 0 Å². The first kappa shape index (κ1) is 21.1. The third-order valence-electron chi connectivity index (χ3n) is 4.96. The Balaban J connectivity index is 1.62. The molecule has 0 heterocycles.